The SMILES string of the molecule is CC(=O)c1ccc(NS(=O)(=O)c2ccccc2)s1. The highest BCUT2D eigenvalue weighted by Gasteiger charge is 2.15. The number of ketones is 1. The molecule has 0 fully saturated rings. The van der Waals surface area contributed by atoms with Gasteiger partial charge in [0.15, 0.2) is 5.78 Å². The molecule has 0 aliphatic heterocycles. The van der Waals surface area contributed by atoms with Gasteiger partial charge in [0.2, 0.25) is 0 Å². The molecule has 0 spiro atoms. The average molecular weight is 281 g/mol. The number of sulfonamides is 1. The van der Waals surface area contributed by atoms with Crippen LogP contribution < -0.4 is 4.72 Å². The van der Waals surface area contributed by atoms with Crippen molar-refractivity contribution in [2.24, 2.45) is 0 Å². The molecular formula is C12H11NO3S2. The molecule has 1 aromatic carbocycles. The normalized spacial score (nSPS) is 11.2. The summed E-state index contributed by atoms with van der Waals surface area (Å²) in [5.74, 6) is -0.0786. The molecule has 1 aromatic heterocycles. The summed E-state index contributed by atoms with van der Waals surface area (Å²) in [6.07, 6.45) is 0. The van der Waals surface area contributed by atoms with Crippen molar-refractivity contribution < 1.29 is 13.2 Å². The third-order valence-electron chi connectivity index (χ3n) is 2.24. The van der Waals surface area contributed by atoms with Gasteiger partial charge in [0, 0.05) is 0 Å². The van der Waals surface area contributed by atoms with Gasteiger partial charge >= 0.3 is 0 Å². The number of carbonyl (C=O) groups excluding carboxylic acids is 1. The molecule has 94 valence electrons. The Hall–Kier alpha value is -1.66. The van der Waals surface area contributed by atoms with E-state index in [0.717, 1.165) is 11.3 Å². The highest BCUT2D eigenvalue weighted by Crippen LogP contribution is 2.25. The van der Waals surface area contributed by atoms with Crippen molar-refractivity contribution in [3.05, 3.63) is 47.3 Å². The lowest BCUT2D eigenvalue weighted by atomic mass is 10.4. The first-order chi connectivity index (χ1) is 8.49. The Labute approximate surface area is 109 Å². The lowest BCUT2D eigenvalue weighted by Crippen LogP contribution is -2.11. The Kier molecular flexibility index (Phi) is 3.49. The van der Waals surface area contributed by atoms with Crippen LogP contribution in [-0.4, -0.2) is 14.2 Å². The van der Waals surface area contributed by atoms with Gasteiger partial charge < -0.3 is 0 Å². The molecule has 0 radical (unpaired) electrons. The minimum atomic E-state index is -3.58. The van der Waals surface area contributed by atoms with Crippen LogP contribution in [0.2, 0.25) is 0 Å². The minimum Gasteiger partial charge on any atom is -0.294 e. The van der Waals surface area contributed by atoms with Gasteiger partial charge in [-0.15, -0.1) is 11.3 Å². The molecule has 6 heteroatoms. The first-order valence-electron chi connectivity index (χ1n) is 5.18. The number of rotatable bonds is 4. The van der Waals surface area contributed by atoms with Crippen molar-refractivity contribution in [2.75, 3.05) is 4.72 Å². The summed E-state index contributed by atoms with van der Waals surface area (Å²) >= 11 is 1.12. The monoisotopic (exact) mass is 281 g/mol. The largest absolute Gasteiger partial charge is 0.294 e. The van der Waals surface area contributed by atoms with Gasteiger partial charge in [-0.2, -0.15) is 0 Å². The van der Waals surface area contributed by atoms with Crippen LogP contribution >= 0.6 is 11.3 Å². The van der Waals surface area contributed by atoms with Crippen molar-refractivity contribution >= 4 is 32.1 Å². The standard InChI is InChI=1S/C12H11NO3S2/c1-9(14)11-7-8-12(17-11)13-18(15,16)10-5-3-2-4-6-10/h2-8,13H,1H3. The van der Waals surface area contributed by atoms with Gasteiger partial charge in [-0.25, -0.2) is 8.42 Å². The zero-order valence-corrected chi connectivity index (χ0v) is 11.2. The van der Waals surface area contributed by atoms with Crippen molar-refractivity contribution in [2.45, 2.75) is 11.8 Å². The first-order valence-corrected chi connectivity index (χ1v) is 7.47. The summed E-state index contributed by atoms with van der Waals surface area (Å²) in [6, 6.07) is 11.3. The van der Waals surface area contributed by atoms with E-state index in [1.54, 1.807) is 30.3 Å². The maximum Gasteiger partial charge on any atom is 0.262 e. The van der Waals surface area contributed by atoms with Gasteiger partial charge in [-0.05, 0) is 31.2 Å². The number of hydrogen-bond donors (Lipinski definition) is 1. The smallest absolute Gasteiger partial charge is 0.262 e. The second-order valence-electron chi connectivity index (χ2n) is 3.64. The number of carbonyl (C=O) groups is 1. The van der Waals surface area contributed by atoms with E-state index in [0.29, 0.717) is 9.88 Å². The number of anilines is 1. The van der Waals surface area contributed by atoms with E-state index in [2.05, 4.69) is 4.72 Å². The number of hydrogen-bond acceptors (Lipinski definition) is 4. The maximum absolute atomic E-state index is 12.0. The van der Waals surface area contributed by atoms with Crippen LogP contribution in [0, 0.1) is 0 Å². The summed E-state index contributed by atoms with van der Waals surface area (Å²) in [5, 5.41) is 0.434. The molecule has 0 aliphatic carbocycles. The topological polar surface area (TPSA) is 63.2 Å². The molecule has 18 heavy (non-hydrogen) atoms. The van der Waals surface area contributed by atoms with E-state index >= 15 is 0 Å². The Morgan fingerprint density at radius 1 is 1.11 bits per heavy atom. The fraction of sp³-hybridized carbons (Fsp3) is 0.0833. The van der Waals surface area contributed by atoms with Gasteiger partial charge in [0.25, 0.3) is 10.0 Å². The van der Waals surface area contributed by atoms with Crippen LogP contribution in [0.3, 0.4) is 0 Å². The van der Waals surface area contributed by atoms with Gasteiger partial charge in [0.1, 0.15) is 5.00 Å². The molecule has 1 N–H and O–H groups in total. The van der Waals surface area contributed by atoms with Crippen molar-refractivity contribution in [1.29, 1.82) is 0 Å². The van der Waals surface area contributed by atoms with E-state index in [1.165, 1.54) is 19.1 Å². The third kappa shape index (κ3) is 2.77. The zero-order valence-electron chi connectivity index (χ0n) is 9.58. The molecule has 4 nitrogen and oxygen atoms in total. The highest BCUT2D eigenvalue weighted by atomic mass is 32.2. The van der Waals surface area contributed by atoms with Crippen LogP contribution in [-0.2, 0) is 10.0 Å². The summed E-state index contributed by atoms with van der Waals surface area (Å²) in [6.45, 7) is 1.45. The Balaban J connectivity index is 2.25. The van der Waals surface area contributed by atoms with E-state index in [4.69, 9.17) is 0 Å². The highest BCUT2D eigenvalue weighted by molar-refractivity contribution is 7.93. The van der Waals surface area contributed by atoms with Crippen LogP contribution in [0.5, 0.6) is 0 Å². The number of nitrogens with one attached hydrogen (secondary N) is 1. The summed E-state index contributed by atoms with van der Waals surface area (Å²) in [7, 11) is -3.58. The van der Waals surface area contributed by atoms with Gasteiger partial charge in [-0.3, -0.25) is 9.52 Å². The Bertz CT molecular complexity index is 660. The summed E-state index contributed by atoms with van der Waals surface area (Å²) in [5.41, 5.74) is 0. The quantitative estimate of drug-likeness (QED) is 0.876. The molecule has 0 saturated heterocycles. The zero-order chi connectivity index (χ0) is 13.2. The van der Waals surface area contributed by atoms with E-state index in [1.807, 2.05) is 0 Å². The molecule has 0 amide bonds. The predicted octanol–water partition coefficient (Wildman–Crippen LogP) is 2.75. The molecule has 0 aliphatic rings. The second-order valence-corrected chi connectivity index (χ2v) is 6.40. The molecule has 0 unspecified atom stereocenters. The van der Waals surface area contributed by atoms with Gasteiger partial charge in [0.05, 0.1) is 9.77 Å². The summed E-state index contributed by atoms with van der Waals surface area (Å²) in [4.78, 5) is 11.9. The van der Waals surface area contributed by atoms with Crippen molar-refractivity contribution in [1.82, 2.24) is 0 Å². The van der Waals surface area contributed by atoms with Crippen molar-refractivity contribution in [3.63, 3.8) is 0 Å². The number of benzene rings is 1. The lowest BCUT2D eigenvalue weighted by Gasteiger charge is -2.04. The number of thiophene rings is 1. The average Bonchev–Trinajstić information content (AvgIpc) is 2.78. The van der Waals surface area contributed by atoms with E-state index in [-0.39, 0.29) is 10.7 Å². The van der Waals surface area contributed by atoms with Crippen LogP contribution in [0.25, 0.3) is 0 Å². The fourth-order valence-electron chi connectivity index (χ4n) is 1.37. The minimum absolute atomic E-state index is 0.0786. The molecule has 0 atom stereocenters. The lowest BCUT2D eigenvalue weighted by molar-refractivity contribution is 0.102. The Morgan fingerprint density at radius 3 is 2.33 bits per heavy atom. The number of Topliss-reactive ketones (excluding diaryl/α,β-unsaturated/α-hetero) is 1. The molecular weight excluding hydrogens is 270 g/mol. The van der Waals surface area contributed by atoms with Crippen LogP contribution in [0.4, 0.5) is 5.00 Å². The molecule has 0 saturated carbocycles. The fourth-order valence-corrected chi connectivity index (χ4v) is 3.49. The summed E-state index contributed by atoms with van der Waals surface area (Å²) < 4.78 is 26.4. The molecule has 0 bridgehead atoms. The molecule has 2 rings (SSSR count). The first kappa shape index (κ1) is 12.8. The van der Waals surface area contributed by atoms with Gasteiger partial charge in [-0.1, -0.05) is 18.2 Å². The van der Waals surface area contributed by atoms with Crippen molar-refractivity contribution in [3.8, 4) is 0 Å². The molecule has 2 aromatic rings. The third-order valence-corrected chi connectivity index (χ3v) is 4.85. The molecule has 1 heterocycles. The van der Waals surface area contributed by atoms with Crippen LogP contribution in [0.15, 0.2) is 47.4 Å². The Morgan fingerprint density at radius 2 is 1.78 bits per heavy atom. The second kappa shape index (κ2) is 4.91. The van der Waals surface area contributed by atoms with Crippen LogP contribution in [0.1, 0.15) is 16.6 Å². The predicted molar refractivity (Wildman–Crippen MR) is 71.6 cm³/mol. The van der Waals surface area contributed by atoms with E-state index in [9.17, 15) is 13.2 Å². The van der Waals surface area contributed by atoms with E-state index < -0.39 is 10.0 Å². The maximum atomic E-state index is 12.0.